The van der Waals surface area contributed by atoms with E-state index in [4.69, 9.17) is 16.3 Å². The number of benzene rings is 3. The molecule has 3 aromatic carbocycles. The summed E-state index contributed by atoms with van der Waals surface area (Å²) in [4.78, 5) is 17.3. The molecular weight excluding hydrogens is 450 g/mol. The van der Waals surface area contributed by atoms with E-state index in [-0.39, 0.29) is 17.9 Å². The Hall–Kier alpha value is -4.10. The molecule has 8 heteroatoms. The Kier molecular flexibility index (Phi) is 5.77. The second-order valence-electron chi connectivity index (χ2n) is 7.92. The number of anilines is 2. The predicted molar refractivity (Wildman–Crippen MR) is 133 cm³/mol. The van der Waals surface area contributed by atoms with Crippen molar-refractivity contribution in [1.82, 2.24) is 14.8 Å². The standard InChI is InChI=1S/C26H22ClN5O2/c1-16-7-9-17(10-8-16)22-15-23(20-5-3-4-6-21(20)27)32-26(28-22)30-25(31-32)29-24(33)18-11-13-19(34-2)14-12-18/h3-15,23H,1-2H3,(H2,28,29,30,31,33)/t23-/m1/s1. The van der Waals surface area contributed by atoms with Crippen molar-refractivity contribution in [3.05, 3.63) is 106 Å². The molecule has 4 aromatic rings. The lowest BCUT2D eigenvalue weighted by Gasteiger charge is -2.25. The highest BCUT2D eigenvalue weighted by Gasteiger charge is 2.27. The molecular formula is C26H22ClN5O2. The third-order valence-corrected chi connectivity index (χ3v) is 5.97. The van der Waals surface area contributed by atoms with Gasteiger partial charge in [-0.1, -0.05) is 59.6 Å². The van der Waals surface area contributed by atoms with E-state index in [0.29, 0.717) is 22.3 Å². The minimum Gasteiger partial charge on any atom is -0.497 e. The van der Waals surface area contributed by atoms with Crippen molar-refractivity contribution in [2.24, 2.45) is 0 Å². The van der Waals surface area contributed by atoms with E-state index in [9.17, 15) is 4.79 Å². The topological polar surface area (TPSA) is 81.1 Å². The molecule has 0 saturated carbocycles. The lowest BCUT2D eigenvalue weighted by atomic mass is 10.0. The Morgan fingerprint density at radius 3 is 2.50 bits per heavy atom. The summed E-state index contributed by atoms with van der Waals surface area (Å²) >= 11 is 6.54. The Morgan fingerprint density at radius 1 is 1.06 bits per heavy atom. The number of nitrogens with one attached hydrogen (secondary N) is 2. The number of carbonyl (C=O) groups is 1. The highest BCUT2D eigenvalue weighted by atomic mass is 35.5. The number of rotatable bonds is 5. The molecule has 1 atom stereocenters. The van der Waals surface area contributed by atoms with Crippen LogP contribution in [0.5, 0.6) is 5.75 Å². The maximum atomic E-state index is 12.8. The maximum absolute atomic E-state index is 12.8. The molecule has 34 heavy (non-hydrogen) atoms. The van der Waals surface area contributed by atoms with Crippen LogP contribution in [0.3, 0.4) is 0 Å². The fourth-order valence-corrected chi connectivity index (χ4v) is 4.05. The molecule has 0 radical (unpaired) electrons. The van der Waals surface area contributed by atoms with Gasteiger partial charge < -0.3 is 10.1 Å². The minimum absolute atomic E-state index is 0.193. The van der Waals surface area contributed by atoms with E-state index in [0.717, 1.165) is 16.8 Å². The number of hydrogen-bond acceptors (Lipinski definition) is 5. The van der Waals surface area contributed by atoms with E-state index in [1.165, 1.54) is 5.56 Å². The summed E-state index contributed by atoms with van der Waals surface area (Å²) in [5, 5.41) is 11.3. The molecule has 0 unspecified atom stereocenters. The molecule has 0 saturated heterocycles. The number of ether oxygens (including phenoxy) is 1. The van der Waals surface area contributed by atoms with Gasteiger partial charge in [0.25, 0.3) is 11.9 Å². The monoisotopic (exact) mass is 471 g/mol. The molecule has 0 bridgehead atoms. The number of methoxy groups -OCH3 is 1. The minimum atomic E-state index is -0.313. The van der Waals surface area contributed by atoms with E-state index < -0.39 is 0 Å². The van der Waals surface area contributed by atoms with Crippen molar-refractivity contribution in [2.75, 3.05) is 17.7 Å². The summed E-state index contributed by atoms with van der Waals surface area (Å²) in [7, 11) is 1.58. The van der Waals surface area contributed by atoms with Gasteiger partial charge in [0.2, 0.25) is 5.95 Å². The largest absolute Gasteiger partial charge is 0.497 e. The Balaban J connectivity index is 1.49. The van der Waals surface area contributed by atoms with Crippen LogP contribution in [0.2, 0.25) is 5.02 Å². The molecule has 5 rings (SSSR count). The zero-order chi connectivity index (χ0) is 23.7. The number of allylic oxidation sites excluding steroid dienone is 1. The highest BCUT2D eigenvalue weighted by Crippen LogP contribution is 2.36. The van der Waals surface area contributed by atoms with Crippen LogP contribution in [0.1, 0.15) is 33.1 Å². The molecule has 1 aliphatic heterocycles. The van der Waals surface area contributed by atoms with Crippen molar-refractivity contribution < 1.29 is 9.53 Å². The Morgan fingerprint density at radius 2 is 1.79 bits per heavy atom. The quantitative estimate of drug-likeness (QED) is 0.398. The van der Waals surface area contributed by atoms with Crippen LogP contribution >= 0.6 is 11.6 Å². The van der Waals surface area contributed by atoms with Gasteiger partial charge in [0.1, 0.15) is 11.8 Å². The fourth-order valence-electron chi connectivity index (χ4n) is 3.80. The SMILES string of the molecule is COc1ccc(C(=O)Nc2nc3n(n2)[C@@H](c2ccccc2Cl)C=C(c2ccc(C)cc2)N3)cc1. The van der Waals surface area contributed by atoms with Gasteiger partial charge in [0.05, 0.1) is 7.11 Å². The van der Waals surface area contributed by atoms with Gasteiger partial charge in [0.15, 0.2) is 0 Å². The molecule has 7 nitrogen and oxygen atoms in total. The first-order valence-corrected chi connectivity index (χ1v) is 11.1. The molecule has 1 aromatic heterocycles. The van der Waals surface area contributed by atoms with Crippen LogP contribution in [0.25, 0.3) is 5.70 Å². The van der Waals surface area contributed by atoms with E-state index >= 15 is 0 Å². The first kappa shape index (κ1) is 21.7. The van der Waals surface area contributed by atoms with Crippen molar-refractivity contribution in [3.8, 4) is 5.75 Å². The number of aromatic nitrogens is 3. The van der Waals surface area contributed by atoms with Gasteiger partial charge in [0, 0.05) is 16.3 Å². The number of aryl methyl sites for hydroxylation is 1. The van der Waals surface area contributed by atoms with Crippen LogP contribution in [0, 0.1) is 6.92 Å². The van der Waals surface area contributed by atoms with Crippen molar-refractivity contribution in [2.45, 2.75) is 13.0 Å². The number of nitrogens with zero attached hydrogens (tertiary/aromatic N) is 3. The number of amides is 1. The van der Waals surface area contributed by atoms with Gasteiger partial charge in [-0.15, -0.1) is 5.10 Å². The smallest absolute Gasteiger partial charge is 0.258 e. The molecule has 1 aliphatic rings. The van der Waals surface area contributed by atoms with Crippen LogP contribution in [0.15, 0.2) is 78.9 Å². The third kappa shape index (κ3) is 4.25. The Bertz CT molecular complexity index is 1380. The predicted octanol–water partition coefficient (Wildman–Crippen LogP) is 5.56. The van der Waals surface area contributed by atoms with E-state index in [2.05, 4.69) is 51.1 Å². The molecule has 170 valence electrons. The normalized spacial score (nSPS) is 14.6. The third-order valence-electron chi connectivity index (χ3n) is 5.63. The summed E-state index contributed by atoms with van der Waals surface area (Å²) in [6.45, 7) is 2.05. The Labute approximate surface area is 202 Å². The fraction of sp³-hybridized carbons (Fsp3) is 0.115. The molecule has 1 amide bonds. The van der Waals surface area contributed by atoms with Crippen LogP contribution in [-0.2, 0) is 0 Å². The lowest BCUT2D eigenvalue weighted by molar-refractivity contribution is 0.102. The summed E-state index contributed by atoms with van der Waals surface area (Å²) in [6, 6.07) is 22.4. The zero-order valence-corrected chi connectivity index (χ0v) is 19.4. The molecule has 0 fully saturated rings. The number of carbonyl (C=O) groups excluding carboxylic acids is 1. The summed E-state index contributed by atoms with van der Waals surface area (Å²) < 4.78 is 6.88. The second-order valence-corrected chi connectivity index (χ2v) is 8.33. The highest BCUT2D eigenvalue weighted by molar-refractivity contribution is 6.31. The van der Waals surface area contributed by atoms with Gasteiger partial charge in [-0.3, -0.25) is 10.1 Å². The molecule has 2 heterocycles. The van der Waals surface area contributed by atoms with E-state index in [1.54, 1.807) is 36.1 Å². The summed E-state index contributed by atoms with van der Waals surface area (Å²) in [5.41, 5.74) is 4.44. The van der Waals surface area contributed by atoms with Gasteiger partial charge >= 0.3 is 0 Å². The second kappa shape index (κ2) is 9.03. The average Bonchev–Trinajstić information content (AvgIpc) is 3.26. The number of hydrogen-bond donors (Lipinski definition) is 2. The maximum Gasteiger partial charge on any atom is 0.258 e. The van der Waals surface area contributed by atoms with E-state index in [1.807, 2.05) is 31.2 Å². The van der Waals surface area contributed by atoms with Gasteiger partial charge in [-0.2, -0.15) is 4.98 Å². The van der Waals surface area contributed by atoms with Crippen LogP contribution in [-0.4, -0.2) is 27.8 Å². The lowest BCUT2D eigenvalue weighted by Crippen LogP contribution is -2.20. The average molecular weight is 472 g/mol. The molecule has 2 N–H and O–H groups in total. The number of fused-ring (bicyclic) bond motifs is 1. The first-order chi connectivity index (χ1) is 16.5. The summed E-state index contributed by atoms with van der Waals surface area (Å²) in [6.07, 6.45) is 2.06. The van der Waals surface area contributed by atoms with Crippen molar-refractivity contribution in [1.29, 1.82) is 0 Å². The number of halogens is 1. The zero-order valence-electron chi connectivity index (χ0n) is 18.6. The van der Waals surface area contributed by atoms with Crippen LogP contribution < -0.4 is 15.4 Å². The van der Waals surface area contributed by atoms with Crippen molar-refractivity contribution in [3.63, 3.8) is 0 Å². The van der Waals surface area contributed by atoms with Gasteiger partial charge in [-0.25, -0.2) is 4.68 Å². The summed E-state index contributed by atoms with van der Waals surface area (Å²) in [5.74, 6) is 1.06. The van der Waals surface area contributed by atoms with Gasteiger partial charge in [-0.05, 0) is 54.5 Å². The van der Waals surface area contributed by atoms with Crippen LogP contribution in [0.4, 0.5) is 11.9 Å². The molecule has 0 aliphatic carbocycles. The van der Waals surface area contributed by atoms with Crippen molar-refractivity contribution >= 4 is 35.1 Å². The first-order valence-electron chi connectivity index (χ1n) is 10.7. The molecule has 0 spiro atoms.